The lowest BCUT2D eigenvalue weighted by atomic mass is 10.3. The van der Waals surface area contributed by atoms with Crippen molar-refractivity contribution in [1.29, 1.82) is 0 Å². The van der Waals surface area contributed by atoms with Crippen molar-refractivity contribution in [3.05, 3.63) is 24.3 Å². The lowest BCUT2D eigenvalue weighted by Gasteiger charge is -2.18. The summed E-state index contributed by atoms with van der Waals surface area (Å²) in [6.07, 6.45) is 2.11. The average molecular weight is 281 g/mol. The van der Waals surface area contributed by atoms with Crippen LogP contribution < -0.4 is 14.8 Å². The van der Waals surface area contributed by atoms with Gasteiger partial charge in [-0.25, -0.2) is 0 Å². The molecule has 1 rings (SSSR count). The Morgan fingerprint density at radius 2 is 1.90 bits per heavy atom. The van der Waals surface area contributed by atoms with E-state index < -0.39 is 0 Å². The zero-order valence-electron chi connectivity index (χ0n) is 12.9. The topological polar surface area (TPSA) is 39.7 Å². The van der Waals surface area contributed by atoms with Crippen LogP contribution in [0.25, 0.3) is 0 Å². The maximum atomic E-state index is 5.93. The van der Waals surface area contributed by atoms with Crippen molar-refractivity contribution in [3.63, 3.8) is 0 Å². The number of methoxy groups -OCH3 is 1. The van der Waals surface area contributed by atoms with Crippen molar-refractivity contribution >= 4 is 0 Å². The normalized spacial score (nSPS) is 12.2. The van der Waals surface area contributed by atoms with E-state index in [1.165, 1.54) is 0 Å². The molecule has 0 saturated heterocycles. The summed E-state index contributed by atoms with van der Waals surface area (Å²) >= 11 is 0. The van der Waals surface area contributed by atoms with E-state index in [-0.39, 0.29) is 6.10 Å². The highest BCUT2D eigenvalue weighted by molar-refractivity contribution is 5.39. The van der Waals surface area contributed by atoms with Crippen LogP contribution in [-0.2, 0) is 4.74 Å². The molecular weight excluding hydrogens is 254 g/mol. The molecule has 0 aliphatic rings. The lowest BCUT2D eigenvalue weighted by Crippen LogP contribution is -2.30. The Hall–Kier alpha value is -1.26. The van der Waals surface area contributed by atoms with Crippen LogP contribution in [0.1, 0.15) is 26.7 Å². The van der Waals surface area contributed by atoms with Gasteiger partial charge in [-0.05, 0) is 38.4 Å². The van der Waals surface area contributed by atoms with E-state index in [1.54, 1.807) is 7.11 Å². The first-order valence-electron chi connectivity index (χ1n) is 7.36. The number of ether oxygens (including phenoxy) is 3. The van der Waals surface area contributed by atoms with E-state index in [0.717, 1.165) is 44.0 Å². The molecular formula is C16H27NO3. The maximum Gasteiger partial charge on any atom is 0.161 e. The number of benzene rings is 1. The molecule has 0 amide bonds. The highest BCUT2D eigenvalue weighted by Gasteiger charge is 2.08. The molecule has 4 heteroatoms. The van der Waals surface area contributed by atoms with Gasteiger partial charge in [-0.2, -0.15) is 0 Å². The second-order valence-corrected chi connectivity index (χ2v) is 4.77. The van der Waals surface area contributed by atoms with E-state index in [1.807, 2.05) is 24.3 Å². The number of hydrogen-bond donors (Lipinski definition) is 1. The van der Waals surface area contributed by atoms with Crippen molar-refractivity contribution < 1.29 is 14.2 Å². The van der Waals surface area contributed by atoms with Crippen molar-refractivity contribution in [1.82, 2.24) is 5.32 Å². The molecule has 1 N–H and O–H groups in total. The Labute approximate surface area is 122 Å². The molecule has 114 valence electrons. The first kappa shape index (κ1) is 16.8. The van der Waals surface area contributed by atoms with E-state index in [0.29, 0.717) is 6.61 Å². The van der Waals surface area contributed by atoms with Crippen molar-refractivity contribution in [2.75, 3.05) is 33.4 Å². The van der Waals surface area contributed by atoms with Gasteiger partial charge in [-0.1, -0.05) is 19.1 Å². The third-order valence-electron chi connectivity index (χ3n) is 2.77. The number of hydrogen-bond acceptors (Lipinski definition) is 4. The minimum Gasteiger partial charge on any atom is -0.490 e. The molecule has 0 aromatic heterocycles. The van der Waals surface area contributed by atoms with Crippen molar-refractivity contribution in [2.24, 2.45) is 0 Å². The van der Waals surface area contributed by atoms with Gasteiger partial charge in [0, 0.05) is 20.3 Å². The Kier molecular flexibility index (Phi) is 8.83. The van der Waals surface area contributed by atoms with Crippen molar-refractivity contribution in [2.45, 2.75) is 32.8 Å². The third kappa shape index (κ3) is 6.78. The summed E-state index contributed by atoms with van der Waals surface area (Å²) in [6, 6.07) is 7.83. The van der Waals surface area contributed by atoms with E-state index in [9.17, 15) is 0 Å². The molecule has 0 fully saturated rings. The van der Waals surface area contributed by atoms with E-state index >= 15 is 0 Å². The van der Waals surface area contributed by atoms with Gasteiger partial charge in [0.05, 0.1) is 6.61 Å². The summed E-state index contributed by atoms with van der Waals surface area (Å²) in [4.78, 5) is 0. The average Bonchev–Trinajstić information content (AvgIpc) is 2.46. The predicted octanol–water partition coefficient (Wildman–Crippen LogP) is 2.87. The van der Waals surface area contributed by atoms with Crippen LogP contribution in [0.2, 0.25) is 0 Å². The zero-order valence-corrected chi connectivity index (χ0v) is 12.9. The SMILES string of the molecule is CCCOc1ccccc1OC(C)CNCCCOC. The van der Waals surface area contributed by atoms with Crippen LogP contribution >= 0.6 is 0 Å². The maximum absolute atomic E-state index is 5.93. The summed E-state index contributed by atoms with van der Waals surface area (Å²) in [7, 11) is 1.72. The van der Waals surface area contributed by atoms with Gasteiger partial charge < -0.3 is 19.5 Å². The number of nitrogens with one attached hydrogen (secondary N) is 1. The number of para-hydroxylation sites is 2. The van der Waals surface area contributed by atoms with Crippen LogP contribution in [0.4, 0.5) is 0 Å². The second kappa shape index (κ2) is 10.5. The molecule has 1 aromatic carbocycles. The fourth-order valence-electron chi connectivity index (χ4n) is 1.78. The predicted molar refractivity (Wildman–Crippen MR) is 81.7 cm³/mol. The van der Waals surface area contributed by atoms with Gasteiger partial charge in [-0.15, -0.1) is 0 Å². The molecule has 0 aliphatic carbocycles. The molecule has 0 heterocycles. The van der Waals surface area contributed by atoms with Crippen LogP contribution in [0.15, 0.2) is 24.3 Å². The Bertz CT molecular complexity index is 357. The van der Waals surface area contributed by atoms with Gasteiger partial charge in [0.25, 0.3) is 0 Å². The lowest BCUT2D eigenvalue weighted by molar-refractivity contribution is 0.185. The van der Waals surface area contributed by atoms with E-state index in [4.69, 9.17) is 14.2 Å². The van der Waals surface area contributed by atoms with Gasteiger partial charge >= 0.3 is 0 Å². The highest BCUT2D eigenvalue weighted by Crippen LogP contribution is 2.27. The summed E-state index contributed by atoms with van der Waals surface area (Å²) in [5.41, 5.74) is 0. The Morgan fingerprint density at radius 3 is 2.60 bits per heavy atom. The molecule has 4 nitrogen and oxygen atoms in total. The standard InChI is InChI=1S/C16H27NO3/c1-4-11-19-15-8-5-6-9-16(15)20-14(2)13-17-10-7-12-18-3/h5-6,8-9,14,17H,4,7,10-13H2,1-3H3. The van der Waals surface area contributed by atoms with Gasteiger partial charge in [0.15, 0.2) is 11.5 Å². The summed E-state index contributed by atoms with van der Waals surface area (Å²) in [5, 5.41) is 3.36. The molecule has 0 bridgehead atoms. The smallest absolute Gasteiger partial charge is 0.161 e. The minimum absolute atomic E-state index is 0.101. The summed E-state index contributed by atoms with van der Waals surface area (Å²) in [6.45, 7) is 7.40. The van der Waals surface area contributed by atoms with Crippen LogP contribution in [0, 0.1) is 0 Å². The fraction of sp³-hybridized carbons (Fsp3) is 0.625. The number of rotatable bonds is 11. The molecule has 0 aliphatic heterocycles. The first-order valence-corrected chi connectivity index (χ1v) is 7.36. The van der Waals surface area contributed by atoms with Gasteiger partial charge in [0.2, 0.25) is 0 Å². The second-order valence-electron chi connectivity index (χ2n) is 4.77. The molecule has 1 unspecified atom stereocenters. The third-order valence-corrected chi connectivity index (χ3v) is 2.77. The van der Waals surface area contributed by atoms with Crippen LogP contribution in [-0.4, -0.2) is 39.5 Å². The molecule has 20 heavy (non-hydrogen) atoms. The monoisotopic (exact) mass is 281 g/mol. The molecule has 1 atom stereocenters. The quantitative estimate of drug-likeness (QED) is 0.633. The molecule has 1 aromatic rings. The molecule has 0 spiro atoms. The zero-order chi connectivity index (χ0) is 14.6. The van der Waals surface area contributed by atoms with Crippen LogP contribution in [0.3, 0.4) is 0 Å². The van der Waals surface area contributed by atoms with Gasteiger partial charge in [-0.3, -0.25) is 0 Å². The van der Waals surface area contributed by atoms with E-state index in [2.05, 4.69) is 19.2 Å². The highest BCUT2D eigenvalue weighted by atomic mass is 16.5. The first-order chi connectivity index (χ1) is 9.77. The Morgan fingerprint density at radius 1 is 1.15 bits per heavy atom. The van der Waals surface area contributed by atoms with Gasteiger partial charge in [0.1, 0.15) is 6.10 Å². The summed E-state index contributed by atoms with van der Waals surface area (Å²) in [5.74, 6) is 1.63. The molecule has 0 saturated carbocycles. The molecule has 0 radical (unpaired) electrons. The van der Waals surface area contributed by atoms with Crippen LogP contribution in [0.5, 0.6) is 11.5 Å². The minimum atomic E-state index is 0.101. The largest absolute Gasteiger partial charge is 0.490 e. The Balaban J connectivity index is 2.35. The summed E-state index contributed by atoms with van der Waals surface area (Å²) < 4.78 is 16.6. The fourth-order valence-corrected chi connectivity index (χ4v) is 1.78. The van der Waals surface area contributed by atoms with Crippen molar-refractivity contribution in [3.8, 4) is 11.5 Å².